The van der Waals surface area contributed by atoms with Crippen molar-refractivity contribution in [1.82, 2.24) is 5.32 Å². The fraction of sp³-hybridized carbons (Fsp3) is 0.625. The molecule has 2 nitrogen and oxygen atoms in total. The normalized spacial score (nSPS) is 18.6. The van der Waals surface area contributed by atoms with Crippen LogP contribution in [0.5, 0.6) is 0 Å². The largest absolute Gasteiger partial charge is 0.371 e. The zero-order valence-corrected chi connectivity index (χ0v) is 12.4. The number of hydrogen-bond acceptors (Lipinski definition) is 2. The van der Waals surface area contributed by atoms with Gasteiger partial charge in [-0.1, -0.05) is 17.7 Å². The Morgan fingerprint density at radius 2 is 1.79 bits per heavy atom. The minimum absolute atomic E-state index is 0.853. The van der Waals surface area contributed by atoms with E-state index in [4.69, 9.17) is 11.6 Å². The maximum Gasteiger partial charge on any atom is 0.0426 e. The van der Waals surface area contributed by atoms with Crippen molar-refractivity contribution in [2.24, 2.45) is 11.8 Å². The summed E-state index contributed by atoms with van der Waals surface area (Å²) in [6.45, 7) is 3.35. The van der Waals surface area contributed by atoms with Crippen LogP contribution in [-0.2, 0) is 6.54 Å². The molecule has 0 bridgehead atoms. The fourth-order valence-electron chi connectivity index (χ4n) is 2.67. The number of nitrogens with zero attached hydrogens (tertiary/aromatic N) is 1. The van der Waals surface area contributed by atoms with Crippen LogP contribution < -0.4 is 10.2 Å². The van der Waals surface area contributed by atoms with Gasteiger partial charge in [0, 0.05) is 30.3 Å². The van der Waals surface area contributed by atoms with Gasteiger partial charge in [-0.2, -0.15) is 0 Å². The molecule has 0 unspecified atom stereocenters. The first kappa shape index (κ1) is 13.3. The molecule has 3 heteroatoms. The molecule has 2 saturated carbocycles. The third kappa shape index (κ3) is 3.64. The summed E-state index contributed by atoms with van der Waals surface area (Å²) in [6.07, 6.45) is 5.62. The zero-order chi connectivity index (χ0) is 13.2. The summed E-state index contributed by atoms with van der Waals surface area (Å²) in [5.41, 5.74) is 2.72. The van der Waals surface area contributed by atoms with Crippen molar-refractivity contribution in [1.29, 1.82) is 0 Å². The predicted molar refractivity (Wildman–Crippen MR) is 81.9 cm³/mol. The van der Waals surface area contributed by atoms with Gasteiger partial charge >= 0.3 is 0 Å². The topological polar surface area (TPSA) is 15.3 Å². The van der Waals surface area contributed by atoms with E-state index in [2.05, 4.69) is 22.3 Å². The second-order valence-corrected chi connectivity index (χ2v) is 6.53. The first-order chi connectivity index (χ1) is 9.26. The molecular weight excluding hydrogens is 256 g/mol. The summed E-state index contributed by atoms with van der Waals surface area (Å²) in [4.78, 5) is 2.59. The average Bonchev–Trinajstić information content (AvgIpc) is 3.26. The van der Waals surface area contributed by atoms with Gasteiger partial charge in [0.25, 0.3) is 0 Å². The lowest BCUT2D eigenvalue weighted by molar-refractivity contribution is 0.673. The van der Waals surface area contributed by atoms with Crippen LogP contribution in [0, 0.1) is 11.8 Å². The van der Waals surface area contributed by atoms with E-state index in [0.717, 1.165) is 23.4 Å². The van der Waals surface area contributed by atoms with Crippen molar-refractivity contribution in [3.8, 4) is 0 Å². The first-order valence-electron chi connectivity index (χ1n) is 7.44. The van der Waals surface area contributed by atoms with E-state index >= 15 is 0 Å². The Bertz CT molecular complexity index is 424. The molecule has 0 radical (unpaired) electrons. The monoisotopic (exact) mass is 278 g/mol. The van der Waals surface area contributed by atoms with E-state index in [9.17, 15) is 0 Å². The average molecular weight is 279 g/mol. The molecule has 0 atom stereocenters. The van der Waals surface area contributed by atoms with E-state index in [1.807, 2.05) is 13.1 Å². The van der Waals surface area contributed by atoms with Gasteiger partial charge in [0.1, 0.15) is 0 Å². The van der Waals surface area contributed by atoms with E-state index in [1.54, 1.807) is 0 Å². The maximum atomic E-state index is 6.22. The molecule has 1 aromatic rings. The third-order valence-corrected chi connectivity index (χ3v) is 4.34. The highest BCUT2D eigenvalue weighted by atomic mass is 35.5. The lowest BCUT2D eigenvalue weighted by Gasteiger charge is -2.27. The van der Waals surface area contributed by atoms with Crippen LogP contribution in [0.1, 0.15) is 31.2 Å². The summed E-state index contributed by atoms with van der Waals surface area (Å²) >= 11 is 6.22. The highest BCUT2D eigenvalue weighted by Gasteiger charge is 2.30. The summed E-state index contributed by atoms with van der Waals surface area (Å²) < 4.78 is 0. The zero-order valence-electron chi connectivity index (χ0n) is 11.7. The fourth-order valence-corrected chi connectivity index (χ4v) is 2.83. The minimum atomic E-state index is 0.853. The van der Waals surface area contributed by atoms with E-state index in [1.165, 1.54) is 50.0 Å². The SMILES string of the molecule is CNCc1ccc(Cl)cc1N(CC1CC1)CC1CC1. The molecule has 2 aliphatic rings. The Labute approximate surface area is 121 Å². The molecule has 0 heterocycles. The Balaban J connectivity index is 1.82. The summed E-state index contributed by atoms with van der Waals surface area (Å²) in [5, 5.41) is 4.12. The van der Waals surface area contributed by atoms with Gasteiger partial charge in [-0.3, -0.25) is 0 Å². The number of hydrogen-bond donors (Lipinski definition) is 1. The van der Waals surface area contributed by atoms with Crippen molar-refractivity contribution in [3.63, 3.8) is 0 Å². The van der Waals surface area contributed by atoms with Crippen molar-refractivity contribution < 1.29 is 0 Å². The van der Waals surface area contributed by atoms with E-state index in [-0.39, 0.29) is 0 Å². The first-order valence-corrected chi connectivity index (χ1v) is 7.82. The van der Waals surface area contributed by atoms with Gasteiger partial charge in [-0.05, 0) is 62.3 Å². The smallest absolute Gasteiger partial charge is 0.0426 e. The molecule has 2 aliphatic carbocycles. The molecule has 104 valence electrons. The molecule has 0 amide bonds. The highest BCUT2D eigenvalue weighted by molar-refractivity contribution is 6.30. The summed E-state index contributed by atoms with van der Waals surface area (Å²) in [5.74, 6) is 1.83. The highest BCUT2D eigenvalue weighted by Crippen LogP contribution is 2.37. The number of anilines is 1. The van der Waals surface area contributed by atoms with Crippen LogP contribution in [0.4, 0.5) is 5.69 Å². The van der Waals surface area contributed by atoms with Crippen molar-refractivity contribution in [2.75, 3.05) is 25.0 Å². The summed E-state index contributed by atoms with van der Waals surface area (Å²) in [6, 6.07) is 6.32. The van der Waals surface area contributed by atoms with Crippen molar-refractivity contribution in [3.05, 3.63) is 28.8 Å². The van der Waals surface area contributed by atoms with Crippen LogP contribution in [0.3, 0.4) is 0 Å². The summed E-state index contributed by atoms with van der Waals surface area (Å²) in [7, 11) is 2.00. The molecule has 0 spiro atoms. The van der Waals surface area contributed by atoms with Crippen LogP contribution in [-0.4, -0.2) is 20.1 Å². The number of halogens is 1. The number of benzene rings is 1. The molecule has 0 aliphatic heterocycles. The van der Waals surface area contributed by atoms with Gasteiger partial charge in [0.2, 0.25) is 0 Å². The molecule has 0 saturated heterocycles. The van der Waals surface area contributed by atoms with Crippen LogP contribution in [0.15, 0.2) is 18.2 Å². The lowest BCUT2D eigenvalue weighted by atomic mass is 10.1. The van der Waals surface area contributed by atoms with E-state index < -0.39 is 0 Å². The third-order valence-electron chi connectivity index (χ3n) is 4.11. The molecule has 3 rings (SSSR count). The van der Waals surface area contributed by atoms with Gasteiger partial charge in [-0.25, -0.2) is 0 Å². The van der Waals surface area contributed by atoms with Crippen LogP contribution in [0.25, 0.3) is 0 Å². The minimum Gasteiger partial charge on any atom is -0.371 e. The number of rotatable bonds is 7. The molecule has 0 aromatic heterocycles. The Morgan fingerprint density at radius 1 is 1.16 bits per heavy atom. The predicted octanol–water partition coefficient (Wildman–Crippen LogP) is 3.69. The second-order valence-electron chi connectivity index (χ2n) is 6.10. The lowest BCUT2D eigenvalue weighted by Crippen LogP contribution is -2.29. The van der Waals surface area contributed by atoms with E-state index in [0.29, 0.717) is 0 Å². The Hall–Kier alpha value is -0.730. The Morgan fingerprint density at radius 3 is 2.32 bits per heavy atom. The molecule has 19 heavy (non-hydrogen) atoms. The van der Waals surface area contributed by atoms with Crippen LogP contribution >= 0.6 is 11.6 Å². The standard InChI is InChI=1S/C16H23ClN2/c1-18-9-14-6-7-15(17)8-16(14)19(10-12-2-3-12)11-13-4-5-13/h6-8,12-13,18H,2-5,9-11H2,1H3. The number of nitrogens with one attached hydrogen (secondary N) is 1. The van der Waals surface area contributed by atoms with Crippen molar-refractivity contribution in [2.45, 2.75) is 32.2 Å². The molecule has 1 aromatic carbocycles. The quantitative estimate of drug-likeness (QED) is 0.818. The van der Waals surface area contributed by atoms with Gasteiger partial charge < -0.3 is 10.2 Å². The maximum absolute atomic E-state index is 6.22. The van der Waals surface area contributed by atoms with Gasteiger partial charge in [0.15, 0.2) is 0 Å². The molecule has 1 N–H and O–H groups in total. The van der Waals surface area contributed by atoms with Crippen molar-refractivity contribution >= 4 is 17.3 Å². The molecule has 2 fully saturated rings. The van der Waals surface area contributed by atoms with Crippen LogP contribution in [0.2, 0.25) is 5.02 Å². The second kappa shape index (κ2) is 5.72. The molecular formula is C16H23ClN2. The van der Waals surface area contributed by atoms with Gasteiger partial charge in [0.05, 0.1) is 0 Å². The Kier molecular flexibility index (Phi) is 3.99. The van der Waals surface area contributed by atoms with Gasteiger partial charge in [-0.15, -0.1) is 0 Å².